The number of nitrogens with one attached hydrogen (secondary N) is 5. The summed E-state index contributed by atoms with van der Waals surface area (Å²) in [6, 6.07) is 10.5. The molecule has 0 saturated carbocycles. The number of hydrogen-bond donors (Lipinski definition) is 7. The molecule has 1 aromatic heterocycles. The fourth-order valence-electron chi connectivity index (χ4n) is 12.5. The molecule has 2 aliphatic rings. The zero-order chi connectivity index (χ0) is 72.0. The first kappa shape index (κ1) is 80.8. The van der Waals surface area contributed by atoms with Crippen molar-refractivity contribution >= 4 is 76.0 Å². The lowest BCUT2D eigenvalue weighted by atomic mass is 9.82. The highest BCUT2D eigenvalue weighted by atomic mass is 32.1. The number of aromatic nitrogens is 1. The number of anilines is 1. The molecule has 2 aliphatic heterocycles. The number of ether oxygens (including phenoxy) is 2. The Morgan fingerprint density at radius 1 is 0.827 bits per heavy atom. The summed E-state index contributed by atoms with van der Waals surface area (Å²) in [5.74, 6) is -3.99. The molecule has 2 aromatic carbocycles. The van der Waals surface area contributed by atoms with Crippen molar-refractivity contribution < 1.29 is 62.5 Å². The number of carbonyl (C=O) groups excluding carboxylic acids is 10. The zero-order valence-corrected chi connectivity index (χ0v) is 60.3. The lowest BCUT2D eigenvalue weighted by Gasteiger charge is -2.40. The molecule has 540 valence electrons. The van der Waals surface area contributed by atoms with E-state index in [9.17, 15) is 53.1 Å². The Bertz CT molecular complexity index is 3130. The number of unbranched alkanes of at least 4 members (excludes halogenated alkanes) is 2. The Balaban J connectivity index is 1.17. The van der Waals surface area contributed by atoms with Crippen LogP contribution in [-0.4, -0.2) is 154 Å². The highest BCUT2D eigenvalue weighted by Gasteiger charge is 2.39. The smallest absolute Gasteiger partial charge is 0.407 e. The molecule has 1 saturated heterocycles. The molecule has 0 radical (unpaired) electrons. The van der Waals surface area contributed by atoms with Gasteiger partial charge in [-0.05, 0) is 137 Å². The minimum atomic E-state index is -0.852. The van der Waals surface area contributed by atoms with E-state index >= 15 is 0 Å². The number of nitrogens with two attached hydrogens (primary N) is 1. The average Bonchev–Trinajstić information content (AvgIpc) is 1.62. The maximum absolute atomic E-state index is 15.0. The molecule has 8 N–H and O–H groups in total. The fraction of sp³-hybridized carbons (Fsp3) is 0.608. The number of amides is 8. The van der Waals surface area contributed by atoms with Crippen LogP contribution in [0.4, 0.5) is 15.3 Å². The van der Waals surface area contributed by atoms with Gasteiger partial charge in [0, 0.05) is 105 Å². The number of likely N-dealkylation sites (N-methyl/N-ethyl adjacent to an activating group) is 1. The maximum atomic E-state index is 15.0. The van der Waals surface area contributed by atoms with Crippen LogP contribution in [0.2, 0.25) is 0 Å². The van der Waals surface area contributed by atoms with Gasteiger partial charge in [-0.1, -0.05) is 112 Å². The van der Waals surface area contributed by atoms with Crippen molar-refractivity contribution in [3.8, 4) is 5.75 Å². The van der Waals surface area contributed by atoms with E-state index in [1.807, 2.05) is 32.7 Å². The van der Waals surface area contributed by atoms with Crippen LogP contribution in [0.5, 0.6) is 5.75 Å². The number of phenolic OH excluding ortho intramolecular Hbond substituents is 1. The van der Waals surface area contributed by atoms with Crippen LogP contribution >= 0.6 is 11.3 Å². The summed E-state index contributed by atoms with van der Waals surface area (Å²) in [4.78, 5) is 145. The van der Waals surface area contributed by atoms with Gasteiger partial charge in [-0.25, -0.2) is 14.6 Å². The van der Waals surface area contributed by atoms with Crippen LogP contribution in [0.15, 0.2) is 78.3 Å². The molecule has 3 aromatic rings. The quantitative estimate of drug-likeness (QED) is 0.0259. The summed E-state index contributed by atoms with van der Waals surface area (Å²) < 4.78 is 12.0. The van der Waals surface area contributed by atoms with Crippen LogP contribution < -0.4 is 32.3 Å². The van der Waals surface area contributed by atoms with Gasteiger partial charge < -0.3 is 56.7 Å². The molecule has 24 heteroatoms. The Kier molecular flexibility index (Phi) is 34.3. The number of hydrogen-bond acceptors (Lipinski definition) is 16. The van der Waals surface area contributed by atoms with Crippen LogP contribution in [0, 0.1) is 35.5 Å². The Labute approximate surface area is 584 Å². The lowest BCUT2D eigenvalue weighted by molar-refractivity contribution is -0.145. The van der Waals surface area contributed by atoms with Crippen LogP contribution in [0.1, 0.15) is 198 Å². The predicted molar refractivity (Wildman–Crippen MR) is 379 cm³/mol. The summed E-state index contributed by atoms with van der Waals surface area (Å²) in [7, 11) is 2.00. The van der Waals surface area contributed by atoms with Gasteiger partial charge in [0.15, 0.2) is 17.3 Å². The highest BCUT2D eigenvalue weighted by Crippen LogP contribution is 2.34. The van der Waals surface area contributed by atoms with E-state index in [1.54, 1.807) is 71.8 Å². The zero-order valence-electron chi connectivity index (χ0n) is 59.5. The second kappa shape index (κ2) is 41.5. The second-order valence-corrected chi connectivity index (χ2v) is 28.0. The summed E-state index contributed by atoms with van der Waals surface area (Å²) in [6.07, 6.45) is 10.4. The lowest BCUT2D eigenvalue weighted by Crippen LogP contribution is -2.50. The number of aromatic hydroxyl groups is 1. The Morgan fingerprint density at radius 3 is 2.17 bits per heavy atom. The number of allylic oxidation sites excluding steroid dienone is 1. The summed E-state index contributed by atoms with van der Waals surface area (Å²) in [5, 5.41) is 26.2. The van der Waals surface area contributed by atoms with E-state index < -0.39 is 59.9 Å². The number of Topliss-reactive ketones (excluding diaryl/α,β-unsaturated/α-hetero) is 3. The number of benzene rings is 2. The predicted octanol–water partition coefficient (Wildman–Crippen LogP) is 10.5. The van der Waals surface area contributed by atoms with Crippen LogP contribution in [0.3, 0.4) is 0 Å². The minimum absolute atomic E-state index is 0.00703. The largest absolute Gasteiger partial charge is 0.508 e. The van der Waals surface area contributed by atoms with Crippen molar-refractivity contribution in [3.05, 3.63) is 100 Å². The first-order valence-corrected chi connectivity index (χ1v) is 36.2. The first-order chi connectivity index (χ1) is 46.7. The van der Waals surface area contributed by atoms with E-state index in [1.165, 1.54) is 17.4 Å². The number of carbonyl (C=O) groups is 10. The number of primary amides is 1. The van der Waals surface area contributed by atoms with Gasteiger partial charge in [-0.3, -0.25) is 43.3 Å². The van der Waals surface area contributed by atoms with Crippen molar-refractivity contribution in [2.24, 2.45) is 41.2 Å². The topological polar surface area (TPSA) is 318 Å². The summed E-state index contributed by atoms with van der Waals surface area (Å²) in [5.41, 5.74) is 7.82. The Morgan fingerprint density at radius 2 is 1.54 bits per heavy atom. The van der Waals surface area contributed by atoms with E-state index in [2.05, 4.69) is 72.7 Å². The SMILES string of the molecule is C=C1C=CC(=O)N1CCCCCC(=O)N[C@@H](C(=O)C[C@H](CCCNC(N)=O)C(=O)Nc1ccc(COC(=O)NCC(=O)[C@@H](C)C[C@H](Cc2ccc(O)cc2)NC(=O)c2csc([C@@H](C[C@H](C(C)C)N(CCC)C(=O)[C@@H](CC(=O)[C@H]3CCCCN3C)[C@@H](C)CC)OCCC)n2)cc1)C(C)C. The van der Waals surface area contributed by atoms with Gasteiger partial charge in [0.05, 0.1) is 18.6 Å². The van der Waals surface area contributed by atoms with Crippen molar-refractivity contribution in [1.29, 1.82) is 0 Å². The van der Waals surface area contributed by atoms with Crippen molar-refractivity contribution in [1.82, 2.24) is 41.0 Å². The molecule has 23 nitrogen and oxygen atoms in total. The maximum Gasteiger partial charge on any atom is 0.407 e. The highest BCUT2D eigenvalue weighted by molar-refractivity contribution is 7.09. The molecule has 5 rings (SSSR count). The normalized spacial score (nSPS) is 16.5. The molecular weight excluding hydrogens is 1270 g/mol. The van der Waals surface area contributed by atoms with Crippen molar-refractivity contribution in [2.45, 2.75) is 208 Å². The van der Waals surface area contributed by atoms with E-state index in [0.717, 1.165) is 50.6 Å². The van der Waals surface area contributed by atoms with E-state index in [4.69, 9.17) is 20.2 Å². The number of urea groups is 1. The number of alkyl carbamates (subject to hydrolysis) is 1. The van der Waals surface area contributed by atoms with Crippen molar-refractivity contribution in [3.63, 3.8) is 0 Å². The molecule has 8 amide bonds. The number of rotatable bonds is 44. The Hall–Kier alpha value is -7.83. The van der Waals surface area contributed by atoms with Crippen LogP contribution in [0.25, 0.3) is 0 Å². The molecule has 1 fully saturated rings. The van der Waals surface area contributed by atoms with Gasteiger partial charge >= 0.3 is 12.1 Å². The van der Waals surface area contributed by atoms with E-state index in [0.29, 0.717) is 80.2 Å². The number of phenols is 1. The molecule has 3 heterocycles. The minimum Gasteiger partial charge on any atom is -0.508 e. The molecule has 0 aliphatic carbocycles. The third kappa shape index (κ3) is 26.4. The van der Waals surface area contributed by atoms with Gasteiger partial charge in [-0.2, -0.15) is 0 Å². The van der Waals surface area contributed by atoms with Gasteiger partial charge in [0.2, 0.25) is 17.7 Å². The monoisotopic (exact) mass is 1380 g/mol. The van der Waals surface area contributed by atoms with Crippen molar-refractivity contribution in [2.75, 3.05) is 51.7 Å². The fourth-order valence-corrected chi connectivity index (χ4v) is 13.4. The van der Waals surface area contributed by atoms with E-state index in [-0.39, 0.29) is 128 Å². The number of thiazole rings is 1. The molecule has 0 bridgehead atoms. The van der Waals surface area contributed by atoms with Gasteiger partial charge in [0.1, 0.15) is 29.2 Å². The second-order valence-electron chi connectivity index (χ2n) is 27.1. The average molecular weight is 1380 g/mol. The molecular formula is C74H110N10O13S. The third-order valence-corrected chi connectivity index (χ3v) is 19.5. The number of nitrogens with zero attached hydrogens (tertiary/aromatic N) is 4. The third-order valence-electron chi connectivity index (χ3n) is 18.6. The summed E-state index contributed by atoms with van der Waals surface area (Å²) in [6.45, 7) is 23.5. The first-order valence-electron chi connectivity index (χ1n) is 35.3. The number of piperidine rings is 1. The van der Waals surface area contributed by atoms with Gasteiger partial charge in [0.25, 0.3) is 11.8 Å². The molecule has 0 spiro atoms. The molecule has 9 atom stereocenters. The molecule has 98 heavy (non-hydrogen) atoms. The number of likely N-dealkylation sites (tertiary alicyclic amines) is 1. The summed E-state index contributed by atoms with van der Waals surface area (Å²) >= 11 is 1.30. The van der Waals surface area contributed by atoms with Gasteiger partial charge in [-0.15, -0.1) is 11.3 Å². The standard InChI is InChI=1S/C74H110N10O13S/c1-12-35-84(72(93)58(49(8)14-3)42-62(86)60-22-17-19-36-82(60)11)61(47(4)5)43-65(96-38-13-2)71-80-59(46-98-71)70(92)79-56(40-52-27-31-57(85)32-28-52)39-50(9)64(88)44-77-74(95)97-45-53-25-29-55(30-26-53)78-69(91)54(21-20-34-76-73(75)94)41-63(87)68(48(6)7)81-66(89)23-16-15-18-37-83-51(10)24-33-67(83)90/h24-33,46-50,54,56,58,60-61,65,68,85H,10,12-23,34-45H2,1-9,11H3,(H,77,95)(H,78,91)(H,79,92)(H,81,89)(H3,75,76,94)/t49-,50-,54-,56+,58-,60+,61+,65+,68+/m0/s1. The molecule has 0 unspecified atom stereocenters. The number of ketones is 3. The van der Waals surface area contributed by atoms with Crippen LogP contribution in [-0.2, 0) is 56.1 Å².